The molecular formula is C65H130O. The summed E-state index contributed by atoms with van der Waals surface area (Å²) < 4.78 is 0. The van der Waals surface area contributed by atoms with Crippen molar-refractivity contribution in [3.63, 3.8) is 0 Å². The van der Waals surface area contributed by atoms with E-state index in [0.29, 0.717) is 5.78 Å². The highest BCUT2D eigenvalue weighted by Gasteiger charge is 2.03. The number of ketones is 1. The third-order valence-corrected chi connectivity index (χ3v) is 15.6. The average Bonchev–Trinajstić information content (AvgIpc) is 3.32. The van der Waals surface area contributed by atoms with Gasteiger partial charge in [0.25, 0.3) is 0 Å². The van der Waals surface area contributed by atoms with Gasteiger partial charge in [0.05, 0.1) is 0 Å². The van der Waals surface area contributed by atoms with Crippen LogP contribution < -0.4 is 0 Å². The van der Waals surface area contributed by atoms with Gasteiger partial charge in [-0.1, -0.05) is 386 Å². The van der Waals surface area contributed by atoms with Crippen LogP contribution in [0.25, 0.3) is 0 Å². The standard InChI is InChI=1S/C65H130O/c1-3-5-7-9-11-13-15-17-19-21-23-25-27-29-31-33-35-37-39-41-43-45-47-49-51-53-55-57-59-61-63-65(66)64-62-60-58-56-54-52-50-48-46-44-42-40-38-36-34-32-30-28-26-24-22-20-18-16-14-12-10-8-6-4-2/h3-64H2,1-2H3. The van der Waals surface area contributed by atoms with E-state index < -0.39 is 0 Å². The minimum atomic E-state index is 0.537. The van der Waals surface area contributed by atoms with Crippen molar-refractivity contribution in [1.29, 1.82) is 0 Å². The van der Waals surface area contributed by atoms with E-state index in [1.165, 1.54) is 372 Å². The molecule has 0 heterocycles. The van der Waals surface area contributed by atoms with Crippen molar-refractivity contribution in [2.75, 3.05) is 0 Å². The molecule has 0 saturated carbocycles. The van der Waals surface area contributed by atoms with Gasteiger partial charge in [-0.2, -0.15) is 0 Å². The highest BCUT2D eigenvalue weighted by Crippen LogP contribution is 2.20. The lowest BCUT2D eigenvalue weighted by atomic mass is 10.0. The molecule has 0 aliphatic heterocycles. The van der Waals surface area contributed by atoms with Gasteiger partial charge >= 0.3 is 0 Å². The van der Waals surface area contributed by atoms with Crippen molar-refractivity contribution >= 4 is 5.78 Å². The van der Waals surface area contributed by atoms with Crippen LogP contribution in [0, 0.1) is 0 Å². The van der Waals surface area contributed by atoms with Gasteiger partial charge in [-0.25, -0.2) is 0 Å². The fourth-order valence-electron chi connectivity index (χ4n) is 10.8. The Balaban J connectivity index is 3.14. The molecule has 0 spiro atoms. The zero-order valence-electron chi connectivity index (χ0n) is 46.7. The normalized spacial score (nSPS) is 11.7. The number of carbonyl (C=O) groups is 1. The van der Waals surface area contributed by atoms with E-state index in [-0.39, 0.29) is 0 Å². The monoisotopic (exact) mass is 927 g/mol. The first-order valence-corrected chi connectivity index (χ1v) is 32.3. The smallest absolute Gasteiger partial charge is 0.132 e. The van der Waals surface area contributed by atoms with Gasteiger partial charge in [0, 0.05) is 12.8 Å². The molecule has 0 aliphatic rings. The molecule has 66 heavy (non-hydrogen) atoms. The maximum Gasteiger partial charge on any atom is 0.132 e. The van der Waals surface area contributed by atoms with Crippen LogP contribution in [0.5, 0.6) is 0 Å². The molecule has 0 unspecified atom stereocenters. The molecule has 0 amide bonds. The molecule has 0 aromatic carbocycles. The zero-order chi connectivity index (χ0) is 47.4. The Kier molecular flexibility index (Phi) is 62.4. The zero-order valence-corrected chi connectivity index (χ0v) is 46.7. The highest BCUT2D eigenvalue weighted by molar-refractivity contribution is 5.78. The molecular weight excluding hydrogens is 797 g/mol. The topological polar surface area (TPSA) is 17.1 Å². The Morgan fingerprint density at radius 2 is 0.242 bits per heavy atom. The summed E-state index contributed by atoms with van der Waals surface area (Å²) in [6, 6.07) is 0. The number of rotatable bonds is 62. The summed E-state index contributed by atoms with van der Waals surface area (Å²) in [6.07, 6.45) is 88.2. The molecule has 1 nitrogen and oxygen atoms in total. The summed E-state index contributed by atoms with van der Waals surface area (Å²) in [5, 5.41) is 0. The average molecular weight is 928 g/mol. The van der Waals surface area contributed by atoms with Crippen LogP contribution in [0.2, 0.25) is 0 Å². The Morgan fingerprint density at radius 1 is 0.152 bits per heavy atom. The fraction of sp³-hybridized carbons (Fsp3) is 0.985. The third-order valence-electron chi connectivity index (χ3n) is 15.6. The van der Waals surface area contributed by atoms with Gasteiger partial charge in [0.2, 0.25) is 0 Å². The third kappa shape index (κ3) is 61.7. The van der Waals surface area contributed by atoms with Crippen molar-refractivity contribution in [2.24, 2.45) is 0 Å². The van der Waals surface area contributed by atoms with E-state index in [0.717, 1.165) is 25.7 Å². The summed E-state index contributed by atoms with van der Waals surface area (Å²) in [6.45, 7) is 4.62. The molecule has 396 valence electrons. The van der Waals surface area contributed by atoms with Crippen molar-refractivity contribution < 1.29 is 4.79 Å². The van der Waals surface area contributed by atoms with Crippen LogP contribution in [-0.2, 0) is 4.79 Å². The van der Waals surface area contributed by atoms with Crippen LogP contribution >= 0.6 is 0 Å². The SMILES string of the molecule is CCCCCCCCCCCCCCCCCCCCCCCCCCCCCCCCC(=O)CCCCCCCCCCCCCCCCCCCCCCCCCCCCCCCC. The molecule has 0 radical (unpaired) electrons. The second-order valence-electron chi connectivity index (χ2n) is 22.5. The molecule has 0 aromatic heterocycles. The van der Waals surface area contributed by atoms with Gasteiger partial charge in [-0.3, -0.25) is 4.79 Å². The van der Waals surface area contributed by atoms with Crippen LogP contribution in [-0.4, -0.2) is 5.78 Å². The first-order chi connectivity index (χ1) is 32.8. The molecule has 0 aliphatic carbocycles. The summed E-state index contributed by atoms with van der Waals surface area (Å²) >= 11 is 0. The maximum atomic E-state index is 12.4. The number of Topliss-reactive ketones (excluding diaryl/α,β-unsaturated/α-hetero) is 1. The van der Waals surface area contributed by atoms with Crippen molar-refractivity contribution in [2.45, 2.75) is 412 Å². The lowest BCUT2D eigenvalue weighted by Gasteiger charge is -2.05. The van der Waals surface area contributed by atoms with E-state index in [4.69, 9.17) is 0 Å². The van der Waals surface area contributed by atoms with E-state index in [1.54, 1.807) is 0 Å². The number of unbranched alkanes of at least 4 members (excludes halogenated alkanes) is 58. The minimum Gasteiger partial charge on any atom is -0.300 e. The number of hydrogen-bond donors (Lipinski definition) is 0. The quantitative estimate of drug-likeness (QED) is 0.0556. The van der Waals surface area contributed by atoms with E-state index in [9.17, 15) is 4.79 Å². The highest BCUT2D eigenvalue weighted by atomic mass is 16.1. The second kappa shape index (κ2) is 62.7. The Hall–Kier alpha value is -0.330. The predicted octanol–water partition coefficient (Wildman–Crippen LogP) is 24.8. The van der Waals surface area contributed by atoms with Gasteiger partial charge in [0.1, 0.15) is 5.78 Å². The van der Waals surface area contributed by atoms with Crippen molar-refractivity contribution in [1.82, 2.24) is 0 Å². The van der Waals surface area contributed by atoms with E-state index in [1.807, 2.05) is 0 Å². The fourth-order valence-corrected chi connectivity index (χ4v) is 10.8. The second-order valence-corrected chi connectivity index (χ2v) is 22.5. The van der Waals surface area contributed by atoms with E-state index >= 15 is 0 Å². The largest absolute Gasteiger partial charge is 0.300 e. The lowest BCUT2D eigenvalue weighted by Crippen LogP contribution is -1.97. The van der Waals surface area contributed by atoms with Gasteiger partial charge < -0.3 is 0 Å². The number of hydrogen-bond acceptors (Lipinski definition) is 1. The molecule has 0 atom stereocenters. The minimum absolute atomic E-state index is 0.537. The predicted molar refractivity (Wildman–Crippen MR) is 303 cm³/mol. The first kappa shape index (κ1) is 65.7. The van der Waals surface area contributed by atoms with Gasteiger partial charge in [-0.05, 0) is 12.8 Å². The first-order valence-electron chi connectivity index (χ1n) is 32.3. The molecule has 0 aromatic rings. The van der Waals surface area contributed by atoms with Crippen LogP contribution in [0.3, 0.4) is 0 Å². The number of carbonyl (C=O) groups excluding carboxylic acids is 1. The van der Waals surface area contributed by atoms with Crippen LogP contribution in [0.1, 0.15) is 412 Å². The molecule has 1 heteroatoms. The Labute approximate surface area is 420 Å². The van der Waals surface area contributed by atoms with E-state index in [2.05, 4.69) is 13.8 Å². The molecule has 0 N–H and O–H groups in total. The molecule has 0 fully saturated rings. The maximum absolute atomic E-state index is 12.4. The van der Waals surface area contributed by atoms with Crippen LogP contribution in [0.15, 0.2) is 0 Å². The van der Waals surface area contributed by atoms with Gasteiger partial charge in [0.15, 0.2) is 0 Å². The summed E-state index contributed by atoms with van der Waals surface area (Å²) in [5.41, 5.74) is 0. The van der Waals surface area contributed by atoms with Crippen molar-refractivity contribution in [3.8, 4) is 0 Å². The molecule has 0 bridgehead atoms. The Morgan fingerprint density at radius 3 is 0.348 bits per heavy atom. The van der Waals surface area contributed by atoms with Crippen molar-refractivity contribution in [3.05, 3.63) is 0 Å². The molecule has 0 rings (SSSR count). The van der Waals surface area contributed by atoms with Gasteiger partial charge in [-0.15, -0.1) is 0 Å². The summed E-state index contributed by atoms with van der Waals surface area (Å²) in [5.74, 6) is 0.537. The van der Waals surface area contributed by atoms with Crippen LogP contribution in [0.4, 0.5) is 0 Å². The summed E-state index contributed by atoms with van der Waals surface area (Å²) in [7, 11) is 0. The lowest BCUT2D eigenvalue weighted by molar-refractivity contribution is -0.119. The Bertz CT molecular complexity index is 765. The summed E-state index contributed by atoms with van der Waals surface area (Å²) in [4.78, 5) is 12.4. The molecule has 0 saturated heterocycles.